The number of halogens is 1. The van der Waals surface area contributed by atoms with E-state index in [2.05, 4.69) is 9.71 Å². The van der Waals surface area contributed by atoms with Gasteiger partial charge in [-0.3, -0.25) is 4.99 Å². The third-order valence-electron chi connectivity index (χ3n) is 3.64. The number of sulfonamides is 1. The van der Waals surface area contributed by atoms with Gasteiger partial charge in [0, 0.05) is 30.9 Å². The molecule has 0 unspecified atom stereocenters. The van der Waals surface area contributed by atoms with Crippen LogP contribution in [0.5, 0.6) is 0 Å². The number of rotatable bonds is 8. The topological polar surface area (TPSA) is 61.8 Å². The van der Waals surface area contributed by atoms with Crippen molar-refractivity contribution in [2.24, 2.45) is 4.99 Å². The molecule has 2 aromatic rings. The van der Waals surface area contributed by atoms with E-state index in [1.165, 1.54) is 3.71 Å². The summed E-state index contributed by atoms with van der Waals surface area (Å²) >= 11 is 7.19. The second-order valence-corrected chi connectivity index (χ2v) is 9.69. The van der Waals surface area contributed by atoms with Crippen molar-refractivity contribution in [1.82, 2.24) is 8.43 Å². The molecule has 0 saturated carbocycles. The van der Waals surface area contributed by atoms with Crippen molar-refractivity contribution >= 4 is 45.7 Å². The zero-order chi connectivity index (χ0) is 20.0. The Bertz CT molecular complexity index is 898. The predicted octanol–water partition coefficient (Wildman–Crippen LogP) is 4.91. The fraction of sp³-hybridized carbons (Fsp3) is 0.316. The smallest absolute Gasteiger partial charge is 0.253 e. The summed E-state index contributed by atoms with van der Waals surface area (Å²) in [5.41, 5.74) is 2.77. The minimum Gasteiger partial charge on any atom is -0.258 e. The number of nitrogens with zero attached hydrogens (tertiary/aromatic N) is 2. The van der Waals surface area contributed by atoms with Crippen LogP contribution in [0.15, 0.2) is 52.4 Å². The molecule has 27 heavy (non-hydrogen) atoms. The molecule has 5 nitrogen and oxygen atoms in total. The largest absolute Gasteiger partial charge is 0.258 e. The van der Waals surface area contributed by atoms with Crippen LogP contribution in [0.1, 0.15) is 25.0 Å². The molecule has 8 heteroatoms. The lowest BCUT2D eigenvalue weighted by Crippen LogP contribution is -2.34. The molecule has 2 aromatic carbocycles. The summed E-state index contributed by atoms with van der Waals surface area (Å²) in [6, 6.07) is 12.3. The molecule has 0 atom stereocenters. The molecule has 0 saturated heterocycles. The van der Waals surface area contributed by atoms with Gasteiger partial charge < -0.3 is 0 Å². The van der Waals surface area contributed by atoms with Crippen molar-refractivity contribution < 1.29 is 8.42 Å². The van der Waals surface area contributed by atoms with Crippen LogP contribution in [0, 0.1) is 13.8 Å². The van der Waals surface area contributed by atoms with E-state index < -0.39 is 10.0 Å². The van der Waals surface area contributed by atoms with Gasteiger partial charge in [0.2, 0.25) is 0 Å². The minimum absolute atomic E-state index is 0.211. The second-order valence-electron chi connectivity index (χ2n) is 6.37. The highest BCUT2D eigenvalue weighted by molar-refractivity contribution is 8.07. The molecule has 0 radical (unpaired) electrons. The maximum Gasteiger partial charge on any atom is 0.253 e. The highest BCUT2D eigenvalue weighted by atomic mass is 35.5. The Morgan fingerprint density at radius 3 is 2.37 bits per heavy atom. The van der Waals surface area contributed by atoms with Crippen LogP contribution in [0.25, 0.3) is 0 Å². The van der Waals surface area contributed by atoms with E-state index in [0.29, 0.717) is 17.3 Å². The van der Waals surface area contributed by atoms with Crippen LogP contribution in [0.3, 0.4) is 0 Å². The Hall–Kier alpha value is -1.38. The lowest BCUT2D eigenvalue weighted by atomic mass is 10.2. The molecule has 0 heterocycles. The number of nitrogens with one attached hydrogen (secondary N) is 1. The Morgan fingerprint density at radius 1 is 1.15 bits per heavy atom. The van der Waals surface area contributed by atoms with E-state index in [9.17, 15) is 8.42 Å². The third kappa shape index (κ3) is 6.05. The highest BCUT2D eigenvalue weighted by Crippen LogP contribution is 2.26. The van der Waals surface area contributed by atoms with Crippen LogP contribution in [-0.2, 0) is 10.0 Å². The summed E-state index contributed by atoms with van der Waals surface area (Å²) in [5, 5.41) is 0.588. The quantitative estimate of drug-likeness (QED) is 0.370. The summed E-state index contributed by atoms with van der Waals surface area (Å²) in [5.74, 6) is 0. The Morgan fingerprint density at radius 2 is 1.78 bits per heavy atom. The van der Waals surface area contributed by atoms with Gasteiger partial charge in [-0.1, -0.05) is 35.4 Å². The standard InChI is InChI=1S/C19H24ClN3O2S2/c1-14(2)23(27(24,25)17-8-5-15(3)6-9-17)26-22-12-11-21-19-10-7-16(4)13-18(19)20/h5-11,13-14,22H,12H2,1-4H3. The van der Waals surface area contributed by atoms with Gasteiger partial charge in [-0.05, 0) is 57.5 Å². The molecule has 0 bridgehead atoms. The number of hydrogen-bond acceptors (Lipinski definition) is 5. The first-order valence-corrected chi connectivity index (χ1v) is 11.1. The van der Waals surface area contributed by atoms with Gasteiger partial charge in [0.25, 0.3) is 10.0 Å². The Balaban J connectivity index is 2.00. The van der Waals surface area contributed by atoms with Gasteiger partial charge in [0.15, 0.2) is 0 Å². The first-order chi connectivity index (χ1) is 12.7. The van der Waals surface area contributed by atoms with Gasteiger partial charge in [-0.2, -0.15) is 0 Å². The van der Waals surface area contributed by atoms with Crippen molar-refractivity contribution in [2.45, 2.75) is 38.6 Å². The average Bonchev–Trinajstić information content (AvgIpc) is 2.59. The van der Waals surface area contributed by atoms with Crippen LogP contribution >= 0.6 is 23.7 Å². The van der Waals surface area contributed by atoms with Crippen LogP contribution < -0.4 is 4.72 Å². The Kier molecular flexibility index (Phi) is 7.88. The normalized spacial score (nSPS) is 12.4. The molecule has 0 amide bonds. The van der Waals surface area contributed by atoms with E-state index in [0.717, 1.165) is 23.3 Å². The summed E-state index contributed by atoms with van der Waals surface area (Å²) in [6.07, 6.45) is 1.67. The third-order valence-corrected chi connectivity index (χ3v) is 7.42. The zero-order valence-corrected chi connectivity index (χ0v) is 18.2. The van der Waals surface area contributed by atoms with Gasteiger partial charge in [0.05, 0.1) is 15.6 Å². The lowest BCUT2D eigenvalue weighted by molar-refractivity contribution is 0.500. The summed E-state index contributed by atoms with van der Waals surface area (Å²) in [7, 11) is -3.60. The zero-order valence-electron chi connectivity index (χ0n) is 15.8. The van der Waals surface area contributed by atoms with Crippen molar-refractivity contribution in [2.75, 3.05) is 6.54 Å². The molecule has 146 valence electrons. The maximum absolute atomic E-state index is 12.9. The molecule has 0 fully saturated rings. The predicted molar refractivity (Wildman–Crippen MR) is 115 cm³/mol. The monoisotopic (exact) mass is 425 g/mol. The summed E-state index contributed by atoms with van der Waals surface area (Å²) in [6.45, 7) is 7.95. The number of aliphatic imine (C=N–C) groups is 1. The maximum atomic E-state index is 12.9. The lowest BCUT2D eigenvalue weighted by Gasteiger charge is -2.24. The molecule has 0 spiro atoms. The van der Waals surface area contributed by atoms with E-state index in [4.69, 9.17) is 11.6 Å². The number of aryl methyl sites for hydroxylation is 2. The number of hydrogen-bond donors (Lipinski definition) is 1. The minimum atomic E-state index is -3.60. The van der Waals surface area contributed by atoms with Gasteiger partial charge in [-0.15, -0.1) is 3.71 Å². The second kappa shape index (κ2) is 9.71. The molecule has 1 N–H and O–H groups in total. The van der Waals surface area contributed by atoms with Crippen molar-refractivity contribution in [3.8, 4) is 0 Å². The molecule has 0 aliphatic rings. The molecular formula is C19H24ClN3O2S2. The SMILES string of the molecule is Cc1ccc(S(=O)(=O)N(SNCC=Nc2ccc(C)cc2Cl)C(C)C)cc1. The van der Waals surface area contributed by atoms with Crippen molar-refractivity contribution in [3.63, 3.8) is 0 Å². The van der Waals surface area contributed by atoms with E-state index in [1.807, 2.05) is 45.9 Å². The van der Waals surface area contributed by atoms with Crippen LogP contribution in [-0.4, -0.2) is 30.9 Å². The number of benzene rings is 2. The first kappa shape index (κ1) is 21.9. The van der Waals surface area contributed by atoms with Crippen LogP contribution in [0.4, 0.5) is 5.69 Å². The molecule has 0 aliphatic carbocycles. The molecule has 0 aromatic heterocycles. The van der Waals surface area contributed by atoms with Gasteiger partial charge >= 0.3 is 0 Å². The fourth-order valence-electron chi connectivity index (χ4n) is 2.24. The van der Waals surface area contributed by atoms with E-state index >= 15 is 0 Å². The van der Waals surface area contributed by atoms with Gasteiger partial charge in [0.1, 0.15) is 0 Å². The van der Waals surface area contributed by atoms with Crippen LogP contribution in [0.2, 0.25) is 5.02 Å². The molecule has 0 aliphatic heterocycles. The fourth-order valence-corrected chi connectivity index (χ4v) is 5.07. The summed E-state index contributed by atoms with van der Waals surface area (Å²) in [4.78, 5) is 4.59. The molecule has 2 rings (SSSR count). The van der Waals surface area contributed by atoms with E-state index in [-0.39, 0.29) is 10.9 Å². The molecular weight excluding hydrogens is 402 g/mol. The summed E-state index contributed by atoms with van der Waals surface area (Å²) < 4.78 is 30.1. The highest BCUT2D eigenvalue weighted by Gasteiger charge is 2.27. The van der Waals surface area contributed by atoms with Crippen molar-refractivity contribution in [1.29, 1.82) is 0 Å². The van der Waals surface area contributed by atoms with Crippen molar-refractivity contribution in [3.05, 3.63) is 58.6 Å². The average molecular weight is 426 g/mol. The van der Waals surface area contributed by atoms with Gasteiger partial charge in [-0.25, -0.2) is 13.1 Å². The van der Waals surface area contributed by atoms with E-state index in [1.54, 1.807) is 30.5 Å². The Labute approximate surface area is 171 Å². The first-order valence-electron chi connectivity index (χ1n) is 8.51.